The Hall–Kier alpha value is -2.93. The van der Waals surface area contributed by atoms with Gasteiger partial charge in [0.15, 0.2) is 0 Å². The monoisotopic (exact) mass is 435 g/mol. The molecule has 2 aliphatic heterocycles. The van der Waals surface area contributed by atoms with E-state index in [-0.39, 0.29) is 12.1 Å². The van der Waals surface area contributed by atoms with Crippen molar-refractivity contribution >= 4 is 40.1 Å². The Morgan fingerprint density at radius 2 is 1.74 bits per heavy atom. The summed E-state index contributed by atoms with van der Waals surface area (Å²) in [5.41, 5.74) is 2.88. The highest BCUT2D eigenvalue weighted by atomic mass is 35.5. The van der Waals surface area contributed by atoms with Gasteiger partial charge >= 0.3 is 0 Å². The van der Waals surface area contributed by atoms with Crippen molar-refractivity contribution in [3.8, 4) is 0 Å². The molecule has 2 unspecified atom stereocenters. The van der Waals surface area contributed by atoms with Gasteiger partial charge in [0, 0.05) is 29.3 Å². The first-order valence-corrected chi connectivity index (χ1v) is 11.1. The van der Waals surface area contributed by atoms with Crippen molar-refractivity contribution in [3.63, 3.8) is 0 Å². The van der Waals surface area contributed by atoms with Gasteiger partial charge in [0.2, 0.25) is 5.96 Å². The standard InChI is InChI=1S/C23H26ClN7/c1-14(25)29(17-5-3-16(24)4-6-17)23(26)31-18-7-8-19(31)12-20(11-18)30-15(2)28-21-9-10-27-13-22(21)30/h3-6,9-10,13,18-20,25-26H,7-8,11-12H2,1-2H3. The number of guanidine groups is 1. The SMILES string of the molecule is CC(=N)N(C(=N)N1C2CCC1CC(n1c(C)nc3ccncc31)C2)c1ccc(Cl)cc1. The molecular formula is C23H26ClN7. The summed E-state index contributed by atoms with van der Waals surface area (Å²) in [7, 11) is 0. The number of piperidine rings is 1. The second-order valence-corrected chi connectivity index (χ2v) is 8.97. The van der Waals surface area contributed by atoms with Crippen molar-refractivity contribution in [1.82, 2.24) is 19.4 Å². The quantitative estimate of drug-likeness (QED) is 0.438. The number of hydrogen-bond acceptors (Lipinski definition) is 4. The van der Waals surface area contributed by atoms with Crippen LogP contribution >= 0.6 is 11.6 Å². The number of rotatable bonds is 2. The first kappa shape index (κ1) is 20.0. The Kier molecular flexibility index (Phi) is 4.93. The van der Waals surface area contributed by atoms with Crippen LogP contribution in [-0.4, -0.2) is 43.3 Å². The predicted octanol–water partition coefficient (Wildman–Crippen LogP) is 5.00. The summed E-state index contributed by atoms with van der Waals surface area (Å²) >= 11 is 6.05. The largest absolute Gasteiger partial charge is 0.336 e. The van der Waals surface area contributed by atoms with E-state index in [1.54, 1.807) is 18.0 Å². The molecular weight excluding hydrogens is 410 g/mol. The maximum Gasteiger partial charge on any atom is 0.204 e. The zero-order chi connectivity index (χ0) is 21.7. The number of imidazole rings is 1. The van der Waals surface area contributed by atoms with Crippen molar-refractivity contribution in [3.05, 3.63) is 53.6 Å². The van der Waals surface area contributed by atoms with Gasteiger partial charge in [-0.2, -0.15) is 0 Å². The van der Waals surface area contributed by atoms with Crippen LogP contribution in [0.5, 0.6) is 0 Å². The minimum atomic E-state index is 0.277. The maximum absolute atomic E-state index is 9.03. The molecule has 2 N–H and O–H groups in total. The minimum Gasteiger partial charge on any atom is -0.336 e. The van der Waals surface area contributed by atoms with Crippen LogP contribution in [0.1, 0.15) is 44.5 Å². The fraction of sp³-hybridized carbons (Fsp3) is 0.391. The van der Waals surface area contributed by atoms with E-state index in [0.717, 1.165) is 48.2 Å². The number of pyridine rings is 1. The van der Waals surface area contributed by atoms with Crippen molar-refractivity contribution in [2.75, 3.05) is 4.90 Å². The van der Waals surface area contributed by atoms with E-state index < -0.39 is 0 Å². The first-order valence-electron chi connectivity index (χ1n) is 10.7. The number of benzene rings is 1. The average Bonchev–Trinajstić information content (AvgIpc) is 3.21. The number of nitrogens with zero attached hydrogens (tertiary/aromatic N) is 5. The van der Waals surface area contributed by atoms with Crippen molar-refractivity contribution in [2.24, 2.45) is 0 Å². The van der Waals surface area contributed by atoms with E-state index in [1.165, 1.54) is 0 Å². The number of hydrogen-bond donors (Lipinski definition) is 2. The molecule has 0 saturated carbocycles. The lowest BCUT2D eigenvalue weighted by atomic mass is 9.97. The Balaban J connectivity index is 1.43. The third kappa shape index (κ3) is 3.37. The summed E-state index contributed by atoms with van der Waals surface area (Å²) in [5.74, 6) is 1.74. The number of halogens is 1. The molecule has 2 aromatic heterocycles. The molecule has 2 saturated heterocycles. The first-order chi connectivity index (χ1) is 14.9. The molecule has 4 heterocycles. The molecule has 8 heteroatoms. The topological polar surface area (TPSA) is 84.9 Å². The molecule has 2 atom stereocenters. The highest BCUT2D eigenvalue weighted by molar-refractivity contribution is 6.30. The summed E-state index contributed by atoms with van der Waals surface area (Å²) < 4.78 is 2.34. The van der Waals surface area contributed by atoms with Crippen LogP contribution in [-0.2, 0) is 0 Å². The number of nitrogens with one attached hydrogen (secondary N) is 2. The summed E-state index contributed by atoms with van der Waals surface area (Å²) in [6.45, 7) is 3.79. The molecule has 7 nitrogen and oxygen atoms in total. The Bertz CT molecular complexity index is 1140. The molecule has 3 aromatic rings. The average molecular weight is 436 g/mol. The normalized spacial score (nSPS) is 22.7. The molecule has 2 fully saturated rings. The van der Waals surface area contributed by atoms with Crippen LogP contribution in [0, 0.1) is 17.7 Å². The second-order valence-electron chi connectivity index (χ2n) is 8.53. The van der Waals surface area contributed by atoms with Crippen LogP contribution in [0.15, 0.2) is 42.7 Å². The maximum atomic E-state index is 9.03. The molecule has 160 valence electrons. The third-order valence-corrected chi connectivity index (χ3v) is 6.87. The zero-order valence-electron chi connectivity index (χ0n) is 17.7. The fourth-order valence-electron chi connectivity index (χ4n) is 5.41. The number of amidine groups is 1. The molecule has 0 aliphatic carbocycles. The Morgan fingerprint density at radius 1 is 1.06 bits per heavy atom. The minimum absolute atomic E-state index is 0.277. The van der Waals surface area contributed by atoms with Crippen molar-refractivity contribution in [2.45, 2.75) is 57.7 Å². The van der Waals surface area contributed by atoms with E-state index in [2.05, 4.69) is 21.4 Å². The van der Waals surface area contributed by atoms with Gasteiger partial charge in [-0.25, -0.2) is 4.98 Å². The van der Waals surface area contributed by atoms with Gasteiger partial charge in [-0.05, 0) is 69.9 Å². The van der Waals surface area contributed by atoms with Gasteiger partial charge in [-0.15, -0.1) is 0 Å². The van der Waals surface area contributed by atoms with Crippen LogP contribution in [0.25, 0.3) is 11.0 Å². The number of aromatic nitrogens is 3. The van der Waals surface area contributed by atoms with Crippen LogP contribution < -0.4 is 4.90 Å². The van der Waals surface area contributed by atoms with E-state index in [9.17, 15) is 0 Å². The second kappa shape index (κ2) is 7.64. The van der Waals surface area contributed by atoms with E-state index in [1.807, 2.05) is 36.5 Å². The van der Waals surface area contributed by atoms with Crippen LogP contribution in [0.4, 0.5) is 5.69 Å². The van der Waals surface area contributed by atoms with Crippen LogP contribution in [0.2, 0.25) is 5.02 Å². The van der Waals surface area contributed by atoms with E-state index in [4.69, 9.17) is 27.4 Å². The lowest BCUT2D eigenvalue weighted by Gasteiger charge is -2.43. The number of aryl methyl sites for hydroxylation is 1. The molecule has 31 heavy (non-hydrogen) atoms. The van der Waals surface area contributed by atoms with Gasteiger partial charge < -0.3 is 9.47 Å². The molecule has 0 amide bonds. The Morgan fingerprint density at radius 3 is 2.39 bits per heavy atom. The van der Waals surface area contributed by atoms with E-state index in [0.29, 0.717) is 22.9 Å². The smallest absolute Gasteiger partial charge is 0.204 e. The fourth-order valence-corrected chi connectivity index (χ4v) is 5.53. The molecule has 1 aromatic carbocycles. The van der Waals surface area contributed by atoms with Crippen LogP contribution in [0.3, 0.4) is 0 Å². The van der Waals surface area contributed by atoms with Gasteiger partial charge in [-0.3, -0.25) is 20.7 Å². The van der Waals surface area contributed by atoms with Gasteiger partial charge in [-0.1, -0.05) is 11.6 Å². The highest BCUT2D eigenvalue weighted by Gasteiger charge is 2.44. The molecule has 2 aliphatic rings. The molecule has 5 rings (SSSR count). The van der Waals surface area contributed by atoms with Gasteiger partial charge in [0.25, 0.3) is 0 Å². The van der Waals surface area contributed by atoms with E-state index >= 15 is 0 Å². The molecule has 0 spiro atoms. The van der Waals surface area contributed by atoms with Gasteiger partial charge in [0.05, 0.1) is 22.9 Å². The summed E-state index contributed by atoms with van der Waals surface area (Å²) in [6, 6.07) is 10.2. The van der Waals surface area contributed by atoms with Crippen molar-refractivity contribution in [1.29, 1.82) is 10.8 Å². The number of fused-ring (bicyclic) bond motifs is 3. The highest BCUT2D eigenvalue weighted by Crippen LogP contribution is 2.43. The predicted molar refractivity (Wildman–Crippen MR) is 124 cm³/mol. The third-order valence-electron chi connectivity index (χ3n) is 6.62. The molecule has 2 bridgehead atoms. The molecule has 0 radical (unpaired) electrons. The summed E-state index contributed by atoms with van der Waals surface area (Å²) in [4.78, 5) is 13.0. The zero-order valence-corrected chi connectivity index (χ0v) is 18.5. The summed E-state index contributed by atoms with van der Waals surface area (Å²) in [5, 5.41) is 18.0. The Labute approximate surface area is 186 Å². The lowest BCUT2D eigenvalue weighted by Crippen LogP contribution is -2.54. The summed E-state index contributed by atoms with van der Waals surface area (Å²) in [6.07, 6.45) is 7.76. The van der Waals surface area contributed by atoms with Crippen molar-refractivity contribution < 1.29 is 0 Å². The number of anilines is 1. The lowest BCUT2D eigenvalue weighted by molar-refractivity contribution is 0.180. The van der Waals surface area contributed by atoms with Gasteiger partial charge in [0.1, 0.15) is 11.7 Å².